The minimum atomic E-state index is 0.0240. The number of hydrogen-bond acceptors (Lipinski definition) is 2. The first-order chi connectivity index (χ1) is 9.97. The number of hydrogen-bond donors (Lipinski definition) is 2. The molecule has 1 amide bonds. The molecule has 21 heavy (non-hydrogen) atoms. The van der Waals surface area contributed by atoms with Crippen molar-refractivity contribution in [1.82, 2.24) is 5.32 Å². The molecule has 118 valence electrons. The number of carbonyl (C=O) groups is 1. The fourth-order valence-corrected chi connectivity index (χ4v) is 2.40. The fourth-order valence-electron chi connectivity index (χ4n) is 2.40. The predicted molar refractivity (Wildman–Crippen MR) is 91.0 cm³/mol. The molecular weight excluding hydrogens is 260 g/mol. The van der Waals surface area contributed by atoms with Gasteiger partial charge in [0.15, 0.2) is 0 Å². The van der Waals surface area contributed by atoms with Gasteiger partial charge in [-0.3, -0.25) is 4.79 Å². The van der Waals surface area contributed by atoms with Crippen molar-refractivity contribution in [2.45, 2.75) is 59.9 Å². The molecule has 2 atom stereocenters. The van der Waals surface area contributed by atoms with Gasteiger partial charge >= 0.3 is 0 Å². The first-order valence-corrected chi connectivity index (χ1v) is 8.13. The second-order valence-corrected chi connectivity index (χ2v) is 6.08. The number of benzene rings is 1. The molecule has 0 saturated heterocycles. The summed E-state index contributed by atoms with van der Waals surface area (Å²) in [6.07, 6.45) is 3.27. The van der Waals surface area contributed by atoms with Gasteiger partial charge in [0.25, 0.3) is 5.91 Å². The van der Waals surface area contributed by atoms with Gasteiger partial charge in [0, 0.05) is 23.8 Å². The van der Waals surface area contributed by atoms with Crippen LogP contribution in [-0.2, 0) is 0 Å². The molecule has 1 aromatic carbocycles. The Labute approximate surface area is 129 Å². The quantitative estimate of drug-likeness (QED) is 0.746. The molecule has 0 aliphatic rings. The normalized spacial score (nSPS) is 13.6. The summed E-state index contributed by atoms with van der Waals surface area (Å²) in [5.41, 5.74) is 2.97. The highest BCUT2D eigenvalue weighted by molar-refractivity contribution is 5.95. The molecule has 0 bridgehead atoms. The lowest BCUT2D eigenvalue weighted by Gasteiger charge is -2.18. The third-order valence-corrected chi connectivity index (χ3v) is 3.88. The van der Waals surface area contributed by atoms with E-state index in [1.165, 1.54) is 0 Å². The Morgan fingerprint density at radius 1 is 1.24 bits per heavy atom. The molecule has 1 rings (SSSR count). The number of carbonyl (C=O) groups excluding carboxylic acids is 1. The van der Waals surface area contributed by atoms with Gasteiger partial charge in [0.2, 0.25) is 0 Å². The van der Waals surface area contributed by atoms with Crippen LogP contribution in [0.15, 0.2) is 18.2 Å². The van der Waals surface area contributed by atoms with Gasteiger partial charge in [0.1, 0.15) is 0 Å². The molecule has 2 N–H and O–H groups in total. The Kier molecular flexibility index (Phi) is 7.27. The fraction of sp³-hybridized carbons (Fsp3) is 0.611. The lowest BCUT2D eigenvalue weighted by atomic mass is 10.00. The maximum Gasteiger partial charge on any atom is 0.251 e. The van der Waals surface area contributed by atoms with E-state index in [0.29, 0.717) is 5.92 Å². The zero-order valence-corrected chi connectivity index (χ0v) is 14.1. The van der Waals surface area contributed by atoms with E-state index >= 15 is 0 Å². The lowest BCUT2D eigenvalue weighted by molar-refractivity contribution is 0.0935. The number of rotatable bonds is 8. The third kappa shape index (κ3) is 5.78. The molecule has 0 aliphatic heterocycles. The highest BCUT2D eigenvalue weighted by Crippen LogP contribution is 2.17. The second kappa shape index (κ2) is 8.71. The molecule has 3 nitrogen and oxygen atoms in total. The largest absolute Gasteiger partial charge is 0.385 e. The molecule has 0 saturated carbocycles. The second-order valence-electron chi connectivity index (χ2n) is 6.08. The number of nitrogens with one attached hydrogen (secondary N) is 2. The standard InChI is InChI=1S/C18H30N2O/c1-6-10-19-17-9-8-16(12-14(17)4)18(21)20-15(5)11-13(3)7-2/h8-9,12-13,15,19H,6-7,10-11H2,1-5H3,(H,20,21). The van der Waals surface area contributed by atoms with Gasteiger partial charge < -0.3 is 10.6 Å². The smallest absolute Gasteiger partial charge is 0.251 e. The van der Waals surface area contributed by atoms with Crippen molar-refractivity contribution in [3.05, 3.63) is 29.3 Å². The first-order valence-electron chi connectivity index (χ1n) is 8.13. The molecule has 0 heterocycles. The van der Waals surface area contributed by atoms with Crippen molar-refractivity contribution in [3.8, 4) is 0 Å². The maximum absolute atomic E-state index is 12.3. The molecule has 0 spiro atoms. The van der Waals surface area contributed by atoms with Gasteiger partial charge in [0.05, 0.1) is 0 Å². The summed E-state index contributed by atoms with van der Waals surface area (Å²) in [6, 6.07) is 6.07. The van der Waals surface area contributed by atoms with Crippen LogP contribution in [0.5, 0.6) is 0 Å². The maximum atomic E-state index is 12.3. The summed E-state index contributed by atoms with van der Waals surface area (Å²) in [5, 5.41) is 6.46. The van der Waals surface area contributed by atoms with Crippen molar-refractivity contribution in [3.63, 3.8) is 0 Å². The summed E-state index contributed by atoms with van der Waals surface area (Å²) in [5.74, 6) is 0.665. The van der Waals surface area contributed by atoms with Gasteiger partial charge in [-0.05, 0) is 56.4 Å². The Balaban J connectivity index is 2.64. The van der Waals surface area contributed by atoms with Crippen molar-refractivity contribution in [2.24, 2.45) is 5.92 Å². The average molecular weight is 290 g/mol. The topological polar surface area (TPSA) is 41.1 Å². The summed E-state index contributed by atoms with van der Waals surface area (Å²) >= 11 is 0. The van der Waals surface area contributed by atoms with E-state index < -0.39 is 0 Å². The van der Waals surface area contributed by atoms with E-state index in [0.717, 1.165) is 42.6 Å². The molecule has 0 fully saturated rings. The van der Waals surface area contributed by atoms with Gasteiger partial charge in [-0.15, -0.1) is 0 Å². The van der Waals surface area contributed by atoms with Gasteiger partial charge in [-0.2, -0.15) is 0 Å². The lowest BCUT2D eigenvalue weighted by Crippen LogP contribution is -2.33. The summed E-state index contributed by atoms with van der Waals surface area (Å²) in [4.78, 5) is 12.3. The van der Waals surface area contributed by atoms with Crippen LogP contribution < -0.4 is 10.6 Å². The molecular formula is C18H30N2O. The molecule has 0 radical (unpaired) electrons. The van der Waals surface area contributed by atoms with Crippen LogP contribution in [0.4, 0.5) is 5.69 Å². The highest BCUT2D eigenvalue weighted by Gasteiger charge is 2.13. The zero-order valence-electron chi connectivity index (χ0n) is 14.1. The van der Waals surface area contributed by atoms with Crippen molar-refractivity contribution in [1.29, 1.82) is 0 Å². The monoisotopic (exact) mass is 290 g/mol. The van der Waals surface area contributed by atoms with Crippen molar-refractivity contribution >= 4 is 11.6 Å². The zero-order chi connectivity index (χ0) is 15.8. The van der Waals surface area contributed by atoms with E-state index in [1.54, 1.807) is 0 Å². The van der Waals surface area contributed by atoms with Crippen LogP contribution in [0, 0.1) is 12.8 Å². The van der Waals surface area contributed by atoms with Crippen LogP contribution in [0.3, 0.4) is 0 Å². The molecule has 2 unspecified atom stereocenters. The molecule has 0 aromatic heterocycles. The number of aryl methyl sites for hydroxylation is 1. The summed E-state index contributed by atoms with van der Waals surface area (Å²) in [6.45, 7) is 11.6. The van der Waals surface area contributed by atoms with E-state index in [4.69, 9.17) is 0 Å². The Morgan fingerprint density at radius 2 is 1.95 bits per heavy atom. The predicted octanol–water partition coefficient (Wildman–Crippen LogP) is 4.37. The van der Waals surface area contributed by atoms with E-state index in [-0.39, 0.29) is 11.9 Å². The SMILES string of the molecule is CCCNc1ccc(C(=O)NC(C)CC(C)CC)cc1C. The third-order valence-electron chi connectivity index (χ3n) is 3.88. The van der Waals surface area contributed by atoms with E-state index in [2.05, 4.69) is 38.3 Å². The molecule has 0 aliphatic carbocycles. The van der Waals surface area contributed by atoms with Crippen LogP contribution in [0.1, 0.15) is 62.9 Å². The van der Waals surface area contributed by atoms with E-state index in [1.807, 2.05) is 25.1 Å². The van der Waals surface area contributed by atoms with Crippen molar-refractivity contribution < 1.29 is 4.79 Å². The van der Waals surface area contributed by atoms with Crippen LogP contribution in [0.25, 0.3) is 0 Å². The molecule has 1 aromatic rings. The van der Waals surface area contributed by atoms with Crippen LogP contribution in [0.2, 0.25) is 0 Å². The first kappa shape index (κ1) is 17.5. The number of amides is 1. The summed E-state index contributed by atoms with van der Waals surface area (Å²) in [7, 11) is 0. The minimum Gasteiger partial charge on any atom is -0.385 e. The minimum absolute atomic E-state index is 0.0240. The van der Waals surface area contributed by atoms with Gasteiger partial charge in [-0.25, -0.2) is 0 Å². The Bertz CT molecular complexity index is 457. The Morgan fingerprint density at radius 3 is 2.52 bits per heavy atom. The Hall–Kier alpha value is -1.51. The molecule has 3 heteroatoms. The van der Waals surface area contributed by atoms with Gasteiger partial charge in [-0.1, -0.05) is 27.2 Å². The van der Waals surface area contributed by atoms with Crippen LogP contribution in [-0.4, -0.2) is 18.5 Å². The number of anilines is 1. The highest BCUT2D eigenvalue weighted by atomic mass is 16.1. The average Bonchev–Trinajstić information content (AvgIpc) is 2.45. The summed E-state index contributed by atoms with van der Waals surface area (Å²) < 4.78 is 0. The van der Waals surface area contributed by atoms with E-state index in [9.17, 15) is 4.79 Å². The van der Waals surface area contributed by atoms with Crippen LogP contribution >= 0.6 is 0 Å². The van der Waals surface area contributed by atoms with Crippen molar-refractivity contribution in [2.75, 3.05) is 11.9 Å².